The van der Waals surface area contributed by atoms with E-state index in [1.54, 1.807) is 0 Å². The number of aryl methyl sites for hydroxylation is 2. The highest BCUT2D eigenvalue weighted by molar-refractivity contribution is 5.79. The second-order valence-corrected chi connectivity index (χ2v) is 6.29. The first-order valence-corrected chi connectivity index (χ1v) is 8.75. The van der Waals surface area contributed by atoms with E-state index in [-0.39, 0.29) is 0 Å². The van der Waals surface area contributed by atoms with Crippen molar-refractivity contribution in [1.82, 2.24) is 20.5 Å². The summed E-state index contributed by atoms with van der Waals surface area (Å²) in [5, 5.41) is 6.66. The average Bonchev–Trinajstić information content (AvgIpc) is 3.15. The molecule has 6 heteroatoms. The van der Waals surface area contributed by atoms with Gasteiger partial charge in [0.25, 0.3) is 0 Å². The van der Waals surface area contributed by atoms with Gasteiger partial charge in [-0.25, -0.2) is 9.98 Å². The van der Waals surface area contributed by atoms with Gasteiger partial charge in [0, 0.05) is 25.7 Å². The van der Waals surface area contributed by atoms with E-state index >= 15 is 0 Å². The molecular formula is C17H31N5O. The van der Waals surface area contributed by atoms with Crippen LogP contribution in [0.1, 0.15) is 50.0 Å². The molecule has 1 aromatic heterocycles. The van der Waals surface area contributed by atoms with Crippen LogP contribution in [-0.2, 0) is 6.54 Å². The van der Waals surface area contributed by atoms with Crippen LogP contribution < -0.4 is 10.6 Å². The standard InChI is InChI=1S/C17H31N5O/c1-5-18-17(20-12-16-21-13(2)14(3)23-16)19-10-11-22(4)15-8-6-7-9-15/h15H,5-12H2,1-4H3,(H2,18,19,20). The van der Waals surface area contributed by atoms with E-state index < -0.39 is 0 Å². The predicted octanol–water partition coefficient (Wildman–Crippen LogP) is 2.22. The number of hydrogen-bond donors (Lipinski definition) is 2. The van der Waals surface area contributed by atoms with Crippen LogP contribution >= 0.6 is 0 Å². The fourth-order valence-corrected chi connectivity index (χ4v) is 2.97. The van der Waals surface area contributed by atoms with Gasteiger partial charge < -0.3 is 20.0 Å². The molecule has 0 saturated heterocycles. The van der Waals surface area contributed by atoms with Crippen LogP contribution in [0.3, 0.4) is 0 Å². The first-order chi connectivity index (χ1) is 11.1. The lowest BCUT2D eigenvalue weighted by atomic mass is 10.2. The maximum Gasteiger partial charge on any atom is 0.216 e. The molecule has 130 valence electrons. The Morgan fingerprint density at radius 2 is 2.04 bits per heavy atom. The van der Waals surface area contributed by atoms with Gasteiger partial charge in [0.2, 0.25) is 5.89 Å². The number of hydrogen-bond acceptors (Lipinski definition) is 4. The van der Waals surface area contributed by atoms with E-state index in [1.807, 2.05) is 13.8 Å². The van der Waals surface area contributed by atoms with E-state index in [1.165, 1.54) is 25.7 Å². The molecule has 2 rings (SSSR count). The zero-order valence-electron chi connectivity index (χ0n) is 15.0. The molecule has 1 fully saturated rings. The third-order valence-corrected chi connectivity index (χ3v) is 4.49. The Morgan fingerprint density at radius 1 is 1.30 bits per heavy atom. The summed E-state index contributed by atoms with van der Waals surface area (Å²) < 4.78 is 5.57. The molecule has 0 atom stereocenters. The van der Waals surface area contributed by atoms with Crippen LogP contribution in [0.4, 0.5) is 0 Å². The molecular weight excluding hydrogens is 290 g/mol. The number of nitrogens with one attached hydrogen (secondary N) is 2. The van der Waals surface area contributed by atoms with E-state index in [9.17, 15) is 0 Å². The fraction of sp³-hybridized carbons (Fsp3) is 0.765. The summed E-state index contributed by atoms with van der Waals surface area (Å²) in [6, 6.07) is 0.759. The molecule has 2 N–H and O–H groups in total. The van der Waals surface area contributed by atoms with Gasteiger partial charge in [-0.3, -0.25) is 0 Å². The van der Waals surface area contributed by atoms with Gasteiger partial charge in [0.15, 0.2) is 5.96 Å². The van der Waals surface area contributed by atoms with Crippen molar-refractivity contribution in [2.45, 2.75) is 59.0 Å². The molecule has 1 saturated carbocycles. The van der Waals surface area contributed by atoms with Crippen molar-refractivity contribution in [1.29, 1.82) is 0 Å². The normalized spacial score (nSPS) is 16.3. The molecule has 0 aliphatic heterocycles. The van der Waals surface area contributed by atoms with E-state index in [0.29, 0.717) is 12.4 Å². The van der Waals surface area contributed by atoms with Crippen molar-refractivity contribution in [2.24, 2.45) is 4.99 Å². The Balaban J connectivity index is 1.79. The highest BCUT2D eigenvalue weighted by Gasteiger charge is 2.18. The summed E-state index contributed by atoms with van der Waals surface area (Å²) in [5.41, 5.74) is 0.936. The zero-order chi connectivity index (χ0) is 16.7. The van der Waals surface area contributed by atoms with Crippen LogP contribution in [-0.4, -0.2) is 48.6 Å². The van der Waals surface area contributed by atoms with Crippen LogP contribution in [0.5, 0.6) is 0 Å². The first-order valence-electron chi connectivity index (χ1n) is 8.75. The number of nitrogens with zero attached hydrogens (tertiary/aromatic N) is 3. The minimum absolute atomic E-state index is 0.461. The summed E-state index contributed by atoms with van der Waals surface area (Å²) in [6.07, 6.45) is 5.43. The van der Waals surface area contributed by atoms with Crippen molar-refractivity contribution in [3.63, 3.8) is 0 Å². The lowest BCUT2D eigenvalue weighted by Crippen LogP contribution is -2.42. The zero-order valence-corrected chi connectivity index (χ0v) is 15.0. The van der Waals surface area contributed by atoms with Gasteiger partial charge in [-0.2, -0.15) is 0 Å². The van der Waals surface area contributed by atoms with Crippen molar-refractivity contribution >= 4 is 5.96 Å². The molecule has 0 bridgehead atoms. The van der Waals surface area contributed by atoms with Gasteiger partial charge in [0.05, 0.1) is 5.69 Å². The van der Waals surface area contributed by atoms with Crippen LogP contribution in [0.15, 0.2) is 9.41 Å². The Morgan fingerprint density at radius 3 is 2.65 bits per heavy atom. The largest absolute Gasteiger partial charge is 0.444 e. The molecule has 6 nitrogen and oxygen atoms in total. The Labute approximate surface area is 139 Å². The minimum Gasteiger partial charge on any atom is -0.444 e. The van der Waals surface area contributed by atoms with Crippen LogP contribution in [0.2, 0.25) is 0 Å². The third-order valence-electron chi connectivity index (χ3n) is 4.49. The molecule has 1 aliphatic rings. The van der Waals surface area contributed by atoms with Crippen LogP contribution in [0, 0.1) is 13.8 Å². The molecule has 1 aliphatic carbocycles. The Bertz CT molecular complexity index is 486. The smallest absolute Gasteiger partial charge is 0.216 e. The van der Waals surface area contributed by atoms with Gasteiger partial charge in [-0.05, 0) is 40.7 Å². The number of aromatic nitrogens is 1. The summed E-state index contributed by atoms with van der Waals surface area (Å²) in [7, 11) is 2.22. The van der Waals surface area contributed by atoms with Gasteiger partial charge in [-0.1, -0.05) is 12.8 Å². The Kier molecular flexibility index (Phi) is 6.89. The number of aliphatic imine (C=N–C) groups is 1. The highest BCUT2D eigenvalue weighted by atomic mass is 16.4. The third kappa shape index (κ3) is 5.53. The number of oxazole rings is 1. The van der Waals surface area contributed by atoms with Crippen molar-refractivity contribution in [3.05, 3.63) is 17.3 Å². The molecule has 0 spiro atoms. The van der Waals surface area contributed by atoms with Crippen molar-refractivity contribution in [3.8, 4) is 0 Å². The number of likely N-dealkylation sites (N-methyl/N-ethyl adjacent to an activating group) is 1. The molecule has 0 radical (unpaired) electrons. The maximum absolute atomic E-state index is 5.57. The molecule has 1 heterocycles. The fourth-order valence-electron chi connectivity index (χ4n) is 2.97. The molecule has 23 heavy (non-hydrogen) atoms. The lowest BCUT2D eigenvalue weighted by Gasteiger charge is -2.24. The second-order valence-electron chi connectivity index (χ2n) is 6.29. The second kappa shape index (κ2) is 8.91. The van der Waals surface area contributed by atoms with Gasteiger partial charge in [0.1, 0.15) is 12.3 Å². The van der Waals surface area contributed by atoms with E-state index in [4.69, 9.17) is 4.42 Å². The number of rotatable bonds is 7. The molecule has 0 unspecified atom stereocenters. The summed E-state index contributed by atoms with van der Waals surface area (Å²) in [6.45, 7) is 9.18. The van der Waals surface area contributed by atoms with E-state index in [2.05, 4.69) is 39.5 Å². The van der Waals surface area contributed by atoms with Crippen molar-refractivity contribution < 1.29 is 4.42 Å². The first kappa shape index (κ1) is 17.8. The quantitative estimate of drug-likeness (QED) is 0.595. The predicted molar refractivity (Wildman–Crippen MR) is 93.7 cm³/mol. The minimum atomic E-state index is 0.461. The number of guanidine groups is 1. The van der Waals surface area contributed by atoms with Crippen LogP contribution in [0.25, 0.3) is 0 Å². The van der Waals surface area contributed by atoms with E-state index in [0.717, 1.165) is 43.1 Å². The SMILES string of the molecule is CCNC(=NCc1nc(C)c(C)o1)NCCN(C)C1CCCC1. The molecule has 1 aromatic rings. The monoisotopic (exact) mass is 321 g/mol. The summed E-state index contributed by atoms with van der Waals surface area (Å²) >= 11 is 0. The summed E-state index contributed by atoms with van der Waals surface area (Å²) in [4.78, 5) is 11.4. The molecule has 0 amide bonds. The Hall–Kier alpha value is -1.56. The van der Waals surface area contributed by atoms with Gasteiger partial charge >= 0.3 is 0 Å². The van der Waals surface area contributed by atoms with Gasteiger partial charge in [-0.15, -0.1) is 0 Å². The maximum atomic E-state index is 5.57. The highest BCUT2D eigenvalue weighted by Crippen LogP contribution is 2.21. The topological polar surface area (TPSA) is 65.7 Å². The van der Waals surface area contributed by atoms with Crippen molar-refractivity contribution in [2.75, 3.05) is 26.7 Å². The lowest BCUT2D eigenvalue weighted by molar-refractivity contribution is 0.249. The summed E-state index contributed by atoms with van der Waals surface area (Å²) in [5.74, 6) is 2.35. The average molecular weight is 321 g/mol. The molecule has 0 aromatic carbocycles.